The lowest BCUT2D eigenvalue weighted by Crippen LogP contribution is -2.33. The zero-order chi connectivity index (χ0) is 9.54. The molecule has 0 fully saturated rings. The van der Waals surface area contributed by atoms with Crippen molar-refractivity contribution >= 4 is 11.5 Å². The minimum atomic E-state index is -0.198. The van der Waals surface area contributed by atoms with Gasteiger partial charge in [0.15, 0.2) is 0 Å². The first-order valence-corrected chi connectivity index (χ1v) is 4.40. The van der Waals surface area contributed by atoms with E-state index in [9.17, 15) is 4.79 Å². The second-order valence-electron chi connectivity index (χ2n) is 3.26. The predicted molar refractivity (Wildman–Crippen MR) is 49.7 cm³/mol. The molecule has 0 saturated carbocycles. The maximum atomic E-state index is 11.5. The number of para-hydroxylation sites is 1. The lowest BCUT2D eigenvalue weighted by molar-refractivity contribution is -0.114. The van der Waals surface area contributed by atoms with Crippen LogP contribution in [0.3, 0.4) is 0 Å². The molecule has 0 unspecified atom stereocenters. The highest BCUT2D eigenvalue weighted by Gasteiger charge is 2.23. The molecule has 1 amide bonds. The van der Waals surface area contributed by atoms with E-state index < -0.39 is 0 Å². The van der Waals surface area contributed by atoms with Crippen molar-refractivity contribution in [2.45, 2.75) is 0 Å². The maximum Gasteiger partial charge on any atom is 0.281 e. The Kier molecular flexibility index (Phi) is 1.36. The highest BCUT2D eigenvalue weighted by atomic mass is 16.5. The van der Waals surface area contributed by atoms with Gasteiger partial charge in [0.05, 0.1) is 17.2 Å². The Morgan fingerprint density at radius 3 is 3.07 bits per heavy atom. The quantitative estimate of drug-likeness (QED) is 0.566. The van der Waals surface area contributed by atoms with Gasteiger partial charge in [-0.15, -0.1) is 0 Å². The molecule has 1 aromatic carbocycles. The number of nitrogens with zero attached hydrogens (tertiary/aromatic N) is 1. The molecule has 0 saturated heterocycles. The molecule has 3 rings (SSSR count). The van der Waals surface area contributed by atoms with E-state index in [0.29, 0.717) is 12.2 Å². The van der Waals surface area contributed by atoms with Gasteiger partial charge in [-0.25, -0.2) is 4.99 Å². The van der Waals surface area contributed by atoms with Gasteiger partial charge in [-0.3, -0.25) is 4.79 Å². The highest BCUT2D eigenvalue weighted by Crippen LogP contribution is 2.19. The average Bonchev–Trinajstić information content (AvgIpc) is 2.67. The Bertz CT molecular complexity index is 569. The van der Waals surface area contributed by atoms with Gasteiger partial charge in [0.1, 0.15) is 6.61 Å². The predicted octanol–water partition coefficient (Wildman–Crippen LogP) is -0.0888. The van der Waals surface area contributed by atoms with Crippen LogP contribution in [-0.4, -0.2) is 12.5 Å². The summed E-state index contributed by atoms with van der Waals surface area (Å²) in [5.41, 5.74) is 1.56. The van der Waals surface area contributed by atoms with Crippen LogP contribution in [0.4, 0.5) is 0 Å². The van der Waals surface area contributed by atoms with Crippen molar-refractivity contribution in [1.82, 2.24) is 0 Å². The van der Waals surface area contributed by atoms with Crippen molar-refractivity contribution in [2.75, 3.05) is 6.61 Å². The fourth-order valence-corrected chi connectivity index (χ4v) is 1.76. The summed E-state index contributed by atoms with van der Waals surface area (Å²) in [6.07, 6.45) is 1.50. The summed E-state index contributed by atoms with van der Waals surface area (Å²) in [6, 6.07) is 7.62. The number of hydrogen-bond acceptors (Lipinski definition) is 2. The van der Waals surface area contributed by atoms with Crippen molar-refractivity contribution in [3.05, 3.63) is 46.7 Å². The Hall–Kier alpha value is -1.90. The van der Waals surface area contributed by atoms with E-state index in [-0.39, 0.29) is 5.91 Å². The third-order valence-corrected chi connectivity index (χ3v) is 2.44. The van der Waals surface area contributed by atoms with E-state index in [2.05, 4.69) is 4.99 Å². The molecular weight excluding hydrogens is 178 g/mol. The van der Waals surface area contributed by atoms with Crippen molar-refractivity contribution in [1.29, 1.82) is 0 Å². The summed E-state index contributed by atoms with van der Waals surface area (Å²) in [5, 5.41) is 1.76. The zero-order valence-corrected chi connectivity index (χ0v) is 7.36. The Labute approximate surface area is 80.0 Å². The van der Waals surface area contributed by atoms with Gasteiger partial charge in [0.2, 0.25) is 0 Å². The molecule has 68 valence electrons. The maximum absolute atomic E-state index is 11.5. The number of hydrogen-bond donors (Lipinski definition) is 0. The molecule has 2 aliphatic rings. The minimum Gasteiger partial charge on any atom is -0.496 e. The fourth-order valence-electron chi connectivity index (χ4n) is 1.76. The monoisotopic (exact) mass is 185 g/mol. The van der Waals surface area contributed by atoms with Crippen LogP contribution in [-0.2, 0) is 9.53 Å². The number of carbonyl (C=O) groups is 1. The molecule has 3 nitrogen and oxygen atoms in total. The first-order chi connectivity index (χ1) is 6.86. The van der Waals surface area contributed by atoms with Crippen LogP contribution < -0.4 is 10.6 Å². The topological polar surface area (TPSA) is 38.7 Å². The normalized spacial score (nSPS) is 17.9. The van der Waals surface area contributed by atoms with Gasteiger partial charge in [0, 0.05) is 10.8 Å². The van der Waals surface area contributed by atoms with E-state index in [1.165, 1.54) is 6.26 Å². The molecule has 2 heterocycles. The second-order valence-corrected chi connectivity index (χ2v) is 3.26. The zero-order valence-electron chi connectivity index (χ0n) is 7.36. The van der Waals surface area contributed by atoms with Crippen molar-refractivity contribution in [3.63, 3.8) is 0 Å². The van der Waals surface area contributed by atoms with E-state index >= 15 is 0 Å². The molecule has 2 aliphatic heterocycles. The summed E-state index contributed by atoms with van der Waals surface area (Å²) in [6.45, 7) is 0.480. The van der Waals surface area contributed by atoms with Gasteiger partial charge in [-0.1, -0.05) is 18.2 Å². The summed E-state index contributed by atoms with van der Waals surface area (Å²) in [4.78, 5) is 15.5. The molecule has 14 heavy (non-hydrogen) atoms. The standard InChI is InChI=1S/C11H7NO2/c13-11-9-6-14-5-8(9)7-3-1-2-4-10(7)12-11/h1-4,6H,5H2. The van der Waals surface area contributed by atoms with E-state index in [0.717, 1.165) is 16.1 Å². The van der Waals surface area contributed by atoms with Gasteiger partial charge in [-0.2, -0.15) is 0 Å². The summed E-state index contributed by atoms with van der Waals surface area (Å²) in [7, 11) is 0. The molecule has 3 heteroatoms. The van der Waals surface area contributed by atoms with Crippen LogP contribution in [0.5, 0.6) is 0 Å². The van der Waals surface area contributed by atoms with Crippen LogP contribution in [0.15, 0.2) is 41.1 Å². The van der Waals surface area contributed by atoms with Crippen LogP contribution in [0, 0.1) is 0 Å². The number of ether oxygens (including phenoxy) is 1. The molecule has 0 radical (unpaired) electrons. The third-order valence-electron chi connectivity index (χ3n) is 2.44. The number of fused-ring (bicyclic) bond motifs is 2. The average molecular weight is 185 g/mol. The summed E-state index contributed by atoms with van der Waals surface area (Å²) < 4.78 is 5.14. The van der Waals surface area contributed by atoms with Crippen LogP contribution in [0.25, 0.3) is 5.57 Å². The van der Waals surface area contributed by atoms with Crippen LogP contribution in [0.1, 0.15) is 0 Å². The smallest absolute Gasteiger partial charge is 0.281 e. The first-order valence-electron chi connectivity index (χ1n) is 4.40. The summed E-state index contributed by atoms with van der Waals surface area (Å²) in [5.74, 6) is -0.198. The Morgan fingerprint density at radius 1 is 1.29 bits per heavy atom. The number of carbonyl (C=O) groups excluding carboxylic acids is 1. The molecule has 0 atom stereocenters. The largest absolute Gasteiger partial charge is 0.496 e. The van der Waals surface area contributed by atoms with Crippen molar-refractivity contribution < 1.29 is 9.53 Å². The highest BCUT2D eigenvalue weighted by molar-refractivity contribution is 6.07. The molecule has 0 bridgehead atoms. The minimum absolute atomic E-state index is 0.198. The Balaban J connectivity index is 2.51. The fraction of sp³-hybridized carbons (Fsp3) is 0.0909. The van der Waals surface area contributed by atoms with Crippen LogP contribution >= 0.6 is 0 Å². The van der Waals surface area contributed by atoms with Crippen molar-refractivity contribution in [2.24, 2.45) is 4.99 Å². The second kappa shape index (κ2) is 2.54. The van der Waals surface area contributed by atoms with E-state index in [1.807, 2.05) is 24.3 Å². The molecule has 0 spiro atoms. The number of amides is 1. The van der Waals surface area contributed by atoms with Gasteiger partial charge in [0.25, 0.3) is 5.91 Å². The molecule has 1 aromatic rings. The molecule has 0 aromatic heterocycles. The third kappa shape index (κ3) is 0.865. The Morgan fingerprint density at radius 2 is 2.14 bits per heavy atom. The number of benzene rings is 1. The SMILES string of the molecule is O=C1N=c2ccccc2=C2COC=C12. The van der Waals surface area contributed by atoms with Gasteiger partial charge in [-0.05, 0) is 6.07 Å². The van der Waals surface area contributed by atoms with Crippen LogP contribution in [0.2, 0.25) is 0 Å². The van der Waals surface area contributed by atoms with E-state index in [1.54, 1.807) is 0 Å². The lowest BCUT2D eigenvalue weighted by atomic mass is 10.0. The molecule has 0 aliphatic carbocycles. The van der Waals surface area contributed by atoms with E-state index in [4.69, 9.17) is 4.74 Å². The number of rotatable bonds is 0. The molecular formula is C11H7NO2. The summed E-state index contributed by atoms with van der Waals surface area (Å²) >= 11 is 0. The van der Waals surface area contributed by atoms with Gasteiger partial charge < -0.3 is 4.74 Å². The van der Waals surface area contributed by atoms with Gasteiger partial charge >= 0.3 is 0 Å². The lowest BCUT2D eigenvalue weighted by Gasteiger charge is -2.04. The molecule has 0 N–H and O–H groups in total. The first kappa shape index (κ1) is 7.50. The van der Waals surface area contributed by atoms with Crippen molar-refractivity contribution in [3.8, 4) is 0 Å².